The van der Waals surface area contributed by atoms with Crippen LogP contribution in [0.25, 0.3) is 0 Å². The van der Waals surface area contributed by atoms with Gasteiger partial charge < -0.3 is 9.64 Å². The topological polar surface area (TPSA) is 134 Å². The highest BCUT2D eigenvalue weighted by atomic mass is 32.2. The van der Waals surface area contributed by atoms with Crippen LogP contribution in [0, 0.1) is 24.0 Å². The molecular weight excluding hydrogens is 522 g/mol. The Labute approximate surface area is 226 Å². The van der Waals surface area contributed by atoms with Crippen molar-refractivity contribution in [3.05, 3.63) is 93.5 Å². The number of hydrazone groups is 1. The molecule has 1 fully saturated rings. The van der Waals surface area contributed by atoms with E-state index in [-0.39, 0.29) is 10.6 Å². The standard InChI is InChI=1S/C27H29N5O6S/c1-20-8-9-23(16-21(20)2)31(39(36,37)25-6-4-3-5-7-25)19-27(33)29-28-18-22-17-24(32(34)35)10-11-26(22)30-12-14-38-15-13-30/h3-11,16-18H,12-15,19H2,1-2H3,(H,29,33)/b28-18+. The van der Waals surface area contributed by atoms with Crippen molar-refractivity contribution in [2.75, 3.05) is 42.1 Å². The predicted octanol–water partition coefficient (Wildman–Crippen LogP) is 3.39. The minimum atomic E-state index is -4.07. The molecule has 3 aromatic carbocycles. The summed E-state index contributed by atoms with van der Waals surface area (Å²) >= 11 is 0. The van der Waals surface area contributed by atoms with Gasteiger partial charge in [-0.3, -0.25) is 19.2 Å². The third kappa shape index (κ3) is 6.59. The quantitative estimate of drug-likeness (QED) is 0.245. The number of anilines is 2. The Hall–Kier alpha value is -4.29. The number of ether oxygens (including phenoxy) is 1. The monoisotopic (exact) mass is 551 g/mol. The number of carbonyl (C=O) groups excluding carboxylic acids is 1. The van der Waals surface area contributed by atoms with Crippen LogP contribution in [-0.2, 0) is 19.6 Å². The molecule has 0 aromatic heterocycles. The van der Waals surface area contributed by atoms with Crippen LogP contribution < -0.4 is 14.6 Å². The Morgan fingerprint density at radius 2 is 1.79 bits per heavy atom. The third-order valence-corrected chi connectivity index (χ3v) is 8.15. The second-order valence-corrected chi connectivity index (χ2v) is 10.8. The number of benzene rings is 3. The van der Waals surface area contributed by atoms with Gasteiger partial charge in [0.1, 0.15) is 6.54 Å². The van der Waals surface area contributed by atoms with Crippen LogP contribution in [0.1, 0.15) is 16.7 Å². The first kappa shape index (κ1) is 27.7. The van der Waals surface area contributed by atoms with E-state index < -0.39 is 27.4 Å². The van der Waals surface area contributed by atoms with Crippen molar-refractivity contribution in [3.63, 3.8) is 0 Å². The maximum Gasteiger partial charge on any atom is 0.270 e. The van der Waals surface area contributed by atoms with Gasteiger partial charge in [-0.25, -0.2) is 13.8 Å². The van der Waals surface area contributed by atoms with Gasteiger partial charge in [0.25, 0.3) is 21.6 Å². The highest BCUT2D eigenvalue weighted by Crippen LogP contribution is 2.27. The number of amides is 1. The number of morpholine rings is 1. The van der Waals surface area contributed by atoms with Crippen molar-refractivity contribution in [3.8, 4) is 0 Å². The molecule has 0 aliphatic carbocycles. The average molecular weight is 552 g/mol. The number of nitrogens with one attached hydrogen (secondary N) is 1. The van der Waals surface area contributed by atoms with Gasteiger partial charge in [-0.05, 0) is 55.3 Å². The van der Waals surface area contributed by atoms with E-state index in [1.165, 1.54) is 30.5 Å². The van der Waals surface area contributed by atoms with Crippen molar-refractivity contribution in [1.82, 2.24) is 5.43 Å². The normalized spacial score (nSPS) is 13.8. The lowest BCUT2D eigenvalue weighted by Gasteiger charge is -2.29. The van der Waals surface area contributed by atoms with Crippen LogP contribution >= 0.6 is 0 Å². The summed E-state index contributed by atoms with van der Waals surface area (Å²) in [5, 5.41) is 15.3. The van der Waals surface area contributed by atoms with Crippen LogP contribution in [0.2, 0.25) is 0 Å². The molecule has 0 unspecified atom stereocenters. The fraction of sp³-hybridized carbons (Fsp3) is 0.259. The first-order chi connectivity index (χ1) is 18.7. The van der Waals surface area contributed by atoms with Crippen LogP contribution in [0.3, 0.4) is 0 Å². The molecule has 204 valence electrons. The van der Waals surface area contributed by atoms with Crippen molar-refractivity contribution >= 4 is 39.2 Å². The molecule has 11 nitrogen and oxygen atoms in total. The van der Waals surface area contributed by atoms with Gasteiger partial charge in [0.05, 0.1) is 34.9 Å². The number of non-ortho nitro benzene ring substituents is 1. The summed E-state index contributed by atoms with van der Waals surface area (Å²) in [5.74, 6) is -0.678. The second kappa shape index (κ2) is 12.0. The van der Waals surface area contributed by atoms with E-state index in [1.807, 2.05) is 18.7 Å². The van der Waals surface area contributed by atoms with E-state index >= 15 is 0 Å². The molecule has 1 aliphatic heterocycles. The summed E-state index contributed by atoms with van der Waals surface area (Å²) in [7, 11) is -4.07. The number of aryl methyl sites for hydroxylation is 2. The van der Waals surface area contributed by atoms with Gasteiger partial charge >= 0.3 is 0 Å². The fourth-order valence-corrected chi connectivity index (χ4v) is 5.54. The maximum atomic E-state index is 13.5. The van der Waals surface area contributed by atoms with Crippen LogP contribution in [0.5, 0.6) is 0 Å². The first-order valence-corrected chi connectivity index (χ1v) is 13.7. The molecule has 0 radical (unpaired) electrons. The highest BCUT2D eigenvalue weighted by molar-refractivity contribution is 7.92. The molecule has 1 heterocycles. The number of hydrogen-bond acceptors (Lipinski definition) is 8. The molecule has 1 saturated heterocycles. The van der Waals surface area contributed by atoms with Crippen LogP contribution in [-0.4, -0.2) is 58.3 Å². The van der Waals surface area contributed by atoms with Crippen molar-refractivity contribution in [2.24, 2.45) is 5.10 Å². The van der Waals surface area contributed by atoms with Gasteiger partial charge in [-0.15, -0.1) is 0 Å². The van der Waals surface area contributed by atoms with Gasteiger partial charge in [-0.1, -0.05) is 24.3 Å². The smallest absolute Gasteiger partial charge is 0.270 e. The fourth-order valence-electron chi connectivity index (χ4n) is 4.11. The zero-order valence-corrected chi connectivity index (χ0v) is 22.4. The second-order valence-electron chi connectivity index (χ2n) is 8.99. The van der Waals surface area contributed by atoms with Crippen LogP contribution in [0.4, 0.5) is 17.1 Å². The number of hydrogen-bond donors (Lipinski definition) is 1. The molecule has 4 rings (SSSR count). The molecule has 1 amide bonds. The molecule has 0 saturated carbocycles. The van der Waals surface area contributed by atoms with Gasteiger partial charge in [0, 0.05) is 36.5 Å². The molecule has 0 atom stereocenters. The number of nitro groups is 1. The molecule has 39 heavy (non-hydrogen) atoms. The average Bonchev–Trinajstić information content (AvgIpc) is 2.94. The molecule has 0 bridgehead atoms. The van der Waals surface area contributed by atoms with Gasteiger partial charge in [0.2, 0.25) is 0 Å². The van der Waals surface area contributed by atoms with Crippen molar-refractivity contribution < 1.29 is 22.9 Å². The summed E-state index contributed by atoms with van der Waals surface area (Å²) in [6.07, 6.45) is 1.32. The number of sulfonamides is 1. The molecule has 12 heteroatoms. The SMILES string of the molecule is Cc1ccc(N(CC(=O)N/N=C/c2cc([N+](=O)[O-])ccc2N2CCOCC2)S(=O)(=O)c2ccccc2)cc1C. The maximum absolute atomic E-state index is 13.5. The van der Waals surface area contributed by atoms with Crippen molar-refractivity contribution in [2.45, 2.75) is 18.7 Å². The Balaban J connectivity index is 1.58. The Morgan fingerprint density at radius 3 is 2.46 bits per heavy atom. The van der Waals surface area contributed by atoms with Gasteiger partial charge in [0.15, 0.2) is 0 Å². The number of nitro benzene ring substituents is 1. The minimum absolute atomic E-state index is 0.0475. The molecule has 0 spiro atoms. The summed E-state index contributed by atoms with van der Waals surface area (Å²) in [4.78, 5) is 25.8. The molecule has 1 N–H and O–H groups in total. The number of rotatable bonds is 9. The van der Waals surface area contributed by atoms with E-state index in [2.05, 4.69) is 10.5 Å². The lowest BCUT2D eigenvalue weighted by Crippen LogP contribution is -2.39. The lowest BCUT2D eigenvalue weighted by atomic mass is 10.1. The molecule has 3 aromatic rings. The van der Waals surface area contributed by atoms with E-state index in [4.69, 9.17) is 4.74 Å². The van der Waals surface area contributed by atoms with E-state index in [1.54, 1.807) is 42.5 Å². The summed E-state index contributed by atoms with van der Waals surface area (Å²) in [6.45, 7) is 5.50. The zero-order chi connectivity index (χ0) is 28.0. The Bertz CT molecular complexity index is 1490. The zero-order valence-electron chi connectivity index (χ0n) is 21.6. The van der Waals surface area contributed by atoms with E-state index in [0.717, 1.165) is 15.4 Å². The number of nitrogens with zero attached hydrogens (tertiary/aromatic N) is 4. The summed E-state index contributed by atoms with van der Waals surface area (Å²) in [6, 6.07) is 17.5. The third-order valence-electron chi connectivity index (χ3n) is 6.36. The summed E-state index contributed by atoms with van der Waals surface area (Å²) < 4.78 is 33.4. The summed E-state index contributed by atoms with van der Waals surface area (Å²) in [5.41, 5.74) is 5.61. The molecular formula is C27H29N5O6S. The van der Waals surface area contributed by atoms with E-state index in [9.17, 15) is 23.3 Å². The minimum Gasteiger partial charge on any atom is -0.378 e. The van der Waals surface area contributed by atoms with Gasteiger partial charge in [-0.2, -0.15) is 5.10 Å². The highest BCUT2D eigenvalue weighted by Gasteiger charge is 2.27. The first-order valence-electron chi connectivity index (χ1n) is 12.2. The largest absolute Gasteiger partial charge is 0.378 e. The Kier molecular flexibility index (Phi) is 8.57. The van der Waals surface area contributed by atoms with Crippen LogP contribution in [0.15, 0.2) is 76.7 Å². The van der Waals surface area contributed by atoms with Crippen molar-refractivity contribution in [1.29, 1.82) is 0 Å². The Morgan fingerprint density at radius 1 is 1.08 bits per heavy atom. The lowest BCUT2D eigenvalue weighted by molar-refractivity contribution is -0.384. The number of carbonyl (C=O) groups is 1. The van der Waals surface area contributed by atoms with E-state index in [0.29, 0.717) is 43.2 Å². The predicted molar refractivity (Wildman–Crippen MR) is 149 cm³/mol. The molecule has 1 aliphatic rings.